The fraction of sp³-hybridized carbons (Fsp3) is 0.222. The monoisotopic (exact) mass is 387 g/mol. The zero-order valence-electron chi connectivity index (χ0n) is 14.7. The van der Waals surface area contributed by atoms with Crippen molar-refractivity contribution in [1.82, 2.24) is 19.7 Å². The first-order valence-electron chi connectivity index (χ1n) is 8.13. The molecule has 0 aliphatic rings. The molecule has 27 heavy (non-hydrogen) atoms. The number of aliphatic hydroxyl groups excluding tert-OH is 1. The van der Waals surface area contributed by atoms with Gasteiger partial charge in [-0.2, -0.15) is 5.10 Å². The number of nitrogens with zero attached hydrogens (tertiary/aromatic N) is 4. The lowest BCUT2D eigenvalue weighted by Gasteiger charge is -2.09. The number of benzene rings is 1. The van der Waals surface area contributed by atoms with Gasteiger partial charge in [-0.15, -0.1) is 0 Å². The van der Waals surface area contributed by atoms with Crippen LogP contribution in [0.3, 0.4) is 0 Å². The third kappa shape index (κ3) is 4.60. The third-order valence-electron chi connectivity index (χ3n) is 3.86. The van der Waals surface area contributed by atoms with Crippen LogP contribution < -0.4 is 5.32 Å². The second kappa shape index (κ2) is 7.73. The summed E-state index contributed by atoms with van der Waals surface area (Å²) in [5, 5.41) is 26.0. The van der Waals surface area contributed by atoms with Crippen LogP contribution >= 0.6 is 11.6 Å². The van der Waals surface area contributed by atoms with E-state index in [1.807, 2.05) is 25.1 Å². The zero-order chi connectivity index (χ0) is 19.6. The molecule has 0 aliphatic carbocycles. The molecular formula is C18H18ClN5O3. The number of carboxylic acid groups (broad SMARTS) is 1. The van der Waals surface area contributed by atoms with Gasteiger partial charge in [0.1, 0.15) is 0 Å². The number of aromatic nitrogens is 4. The first-order chi connectivity index (χ1) is 12.8. The van der Waals surface area contributed by atoms with Crippen molar-refractivity contribution in [2.75, 3.05) is 5.32 Å². The maximum Gasteiger partial charge on any atom is 0.334 e. The van der Waals surface area contributed by atoms with Gasteiger partial charge in [0.25, 0.3) is 0 Å². The van der Waals surface area contributed by atoms with E-state index in [9.17, 15) is 9.90 Å². The fourth-order valence-corrected chi connectivity index (χ4v) is 2.62. The minimum Gasteiger partial charge on any atom is -0.479 e. The molecule has 140 valence electrons. The molecule has 0 aliphatic heterocycles. The fourth-order valence-electron chi connectivity index (χ4n) is 2.53. The van der Waals surface area contributed by atoms with Gasteiger partial charge in [0.15, 0.2) is 6.10 Å². The largest absolute Gasteiger partial charge is 0.479 e. The average molecular weight is 388 g/mol. The predicted octanol–water partition coefficient (Wildman–Crippen LogP) is 2.80. The Morgan fingerprint density at radius 3 is 2.74 bits per heavy atom. The van der Waals surface area contributed by atoms with Gasteiger partial charge >= 0.3 is 5.97 Å². The topological polar surface area (TPSA) is 113 Å². The Hall–Kier alpha value is -2.97. The molecule has 9 heteroatoms. The minimum atomic E-state index is -1.50. The molecule has 0 fully saturated rings. The number of aryl methyl sites for hydroxylation is 2. The van der Waals surface area contributed by atoms with Crippen molar-refractivity contribution in [3.05, 3.63) is 53.1 Å². The van der Waals surface area contributed by atoms with Gasteiger partial charge in [-0.1, -0.05) is 17.7 Å². The second-order valence-electron chi connectivity index (χ2n) is 6.14. The molecule has 2 heterocycles. The Kier molecular flexibility index (Phi) is 5.38. The molecule has 3 aromatic rings. The van der Waals surface area contributed by atoms with Crippen molar-refractivity contribution in [3.63, 3.8) is 0 Å². The predicted molar refractivity (Wildman–Crippen MR) is 101 cm³/mol. The Labute approximate surface area is 160 Å². The van der Waals surface area contributed by atoms with Crippen LogP contribution in [-0.4, -0.2) is 42.0 Å². The molecule has 1 aromatic carbocycles. The molecule has 0 saturated carbocycles. The van der Waals surface area contributed by atoms with Crippen LogP contribution in [0.2, 0.25) is 5.02 Å². The van der Waals surface area contributed by atoms with Crippen LogP contribution in [-0.2, 0) is 11.3 Å². The van der Waals surface area contributed by atoms with E-state index in [1.165, 1.54) is 4.68 Å². The maximum absolute atomic E-state index is 10.8. The summed E-state index contributed by atoms with van der Waals surface area (Å²) in [6, 6.07) is 5.85. The standard InChI is InChI=1S/C18H18ClN5O3/c1-10-3-12(13-6-21-24(8-13)9-16(25)17(26)27)5-14(4-10)23-18-20-7-15(19)11(2)22-18/h3-8,16,25H,9H2,1-2H3,(H,26,27)(H,20,22,23)/t16-/m1/s1. The van der Waals surface area contributed by atoms with Crippen LogP contribution in [0.15, 0.2) is 36.8 Å². The van der Waals surface area contributed by atoms with Gasteiger partial charge < -0.3 is 15.5 Å². The Morgan fingerprint density at radius 1 is 1.26 bits per heavy atom. The molecule has 0 bridgehead atoms. The molecule has 0 saturated heterocycles. The van der Waals surface area contributed by atoms with Crippen molar-refractivity contribution < 1.29 is 15.0 Å². The number of rotatable bonds is 6. The highest BCUT2D eigenvalue weighted by Crippen LogP contribution is 2.26. The summed E-state index contributed by atoms with van der Waals surface area (Å²) in [6.07, 6.45) is 3.35. The number of carbonyl (C=O) groups is 1. The lowest BCUT2D eigenvalue weighted by molar-refractivity contribution is -0.147. The molecule has 3 N–H and O–H groups in total. The molecule has 0 radical (unpaired) electrons. The number of hydrogen-bond donors (Lipinski definition) is 3. The van der Waals surface area contributed by atoms with E-state index in [4.69, 9.17) is 16.7 Å². The van der Waals surface area contributed by atoms with Crippen molar-refractivity contribution in [2.45, 2.75) is 26.5 Å². The molecule has 0 amide bonds. The smallest absolute Gasteiger partial charge is 0.334 e. The molecule has 0 spiro atoms. The summed E-state index contributed by atoms with van der Waals surface area (Å²) in [7, 11) is 0. The van der Waals surface area contributed by atoms with Gasteiger partial charge in [-0.3, -0.25) is 4.68 Å². The molecule has 3 rings (SSSR count). The summed E-state index contributed by atoms with van der Waals surface area (Å²) in [5.41, 5.74) is 4.18. The summed E-state index contributed by atoms with van der Waals surface area (Å²) in [5.74, 6) is -0.846. The first kappa shape index (κ1) is 18.8. The lowest BCUT2D eigenvalue weighted by Crippen LogP contribution is -2.25. The van der Waals surface area contributed by atoms with Crippen LogP contribution in [0.4, 0.5) is 11.6 Å². The Morgan fingerprint density at radius 2 is 2.04 bits per heavy atom. The number of aliphatic carboxylic acids is 1. The van der Waals surface area contributed by atoms with Gasteiger partial charge in [0, 0.05) is 17.4 Å². The van der Waals surface area contributed by atoms with Crippen LogP contribution in [0.25, 0.3) is 11.1 Å². The van der Waals surface area contributed by atoms with E-state index >= 15 is 0 Å². The molecule has 1 atom stereocenters. The van der Waals surface area contributed by atoms with Crippen LogP contribution in [0.5, 0.6) is 0 Å². The van der Waals surface area contributed by atoms with Crippen molar-refractivity contribution in [1.29, 1.82) is 0 Å². The summed E-state index contributed by atoms with van der Waals surface area (Å²) >= 11 is 5.96. The highest BCUT2D eigenvalue weighted by Gasteiger charge is 2.15. The SMILES string of the molecule is Cc1cc(Nc2ncc(Cl)c(C)n2)cc(-c2cnn(C[C@@H](O)C(=O)O)c2)c1. The van der Waals surface area contributed by atoms with E-state index < -0.39 is 12.1 Å². The minimum absolute atomic E-state index is 0.121. The van der Waals surface area contributed by atoms with Gasteiger partial charge in [0.2, 0.25) is 5.95 Å². The second-order valence-corrected chi connectivity index (χ2v) is 6.55. The van der Waals surface area contributed by atoms with Gasteiger partial charge in [-0.25, -0.2) is 14.8 Å². The van der Waals surface area contributed by atoms with E-state index in [0.717, 1.165) is 22.4 Å². The Balaban J connectivity index is 1.84. The lowest BCUT2D eigenvalue weighted by atomic mass is 10.1. The molecular weight excluding hydrogens is 370 g/mol. The van der Waals surface area contributed by atoms with Crippen molar-refractivity contribution in [2.24, 2.45) is 0 Å². The number of aliphatic hydroxyl groups is 1. The number of carboxylic acids is 1. The Bertz CT molecular complexity index is 989. The van der Waals surface area contributed by atoms with E-state index in [2.05, 4.69) is 20.4 Å². The summed E-state index contributed by atoms with van der Waals surface area (Å²) in [6.45, 7) is 3.64. The van der Waals surface area contributed by atoms with E-state index in [0.29, 0.717) is 16.7 Å². The zero-order valence-corrected chi connectivity index (χ0v) is 15.5. The number of halogens is 1. The van der Waals surface area contributed by atoms with E-state index in [-0.39, 0.29) is 6.54 Å². The summed E-state index contributed by atoms with van der Waals surface area (Å²) in [4.78, 5) is 19.2. The third-order valence-corrected chi connectivity index (χ3v) is 4.24. The molecule has 2 aromatic heterocycles. The number of nitrogens with one attached hydrogen (secondary N) is 1. The molecule has 0 unspecified atom stereocenters. The first-order valence-corrected chi connectivity index (χ1v) is 8.51. The average Bonchev–Trinajstić information content (AvgIpc) is 3.06. The van der Waals surface area contributed by atoms with Crippen molar-refractivity contribution in [3.8, 4) is 11.1 Å². The number of hydrogen-bond acceptors (Lipinski definition) is 6. The number of anilines is 2. The highest BCUT2D eigenvalue weighted by atomic mass is 35.5. The van der Waals surface area contributed by atoms with Gasteiger partial charge in [-0.05, 0) is 37.1 Å². The van der Waals surface area contributed by atoms with Crippen LogP contribution in [0, 0.1) is 13.8 Å². The summed E-state index contributed by atoms with van der Waals surface area (Å²) < 4.78 is 1.40. The van der Waals surface area contributed by atoms with Gasteiger partial charge in [0.05, 0.1) is 29.7 Å². The van der Waals surface area contributed by atoms with E-state index in [1.54, 1.807) is 25.5 Å². The maximum atomic E-state index is 10.8. The highest BCUT2D eigenvalue weighted by molar-refractivity contribution is 6.31. The van der Waals surface area contributed by atoms with Crippen molar-refractivity contribution >= 4 is 29.2 Å². The quantitative estimate of drug-likeness (QED) is 0.596. The molecule has 8 nitrogen and oxygen atoms in total. The normalized spacial score (nSPS) is 12.0. The van der Waals surface area contributed by atoms with Crippen LogP contribution in [0.1, 0.15) is 11.3 Å².